The van der Waals surface area contributed by atoms with Gasteiger partial charge >= 0.3 is 0 Å². The Morgan fingerprint density at radius 3 is 3.05 bits per heavy atom. The maximum absolute atomic E-state index is 11.9. The van der Waals surface area contributed by atoms with E-state index >= 15 is 0 Å². The summed E-state index contributed by atoms with van der Waals surface area (Å²) < 4.78 is 0. The van der Waals surface area contributed by atoms with Crippen LogP contribution < -0.4 is 5.32 Å². The van der Waals surface area contributed by atoms with Crippen molar-refractivity contribution < 1.29 is 9.90 Å². The van der Waals surface area contributed by atoms with Crippen LogP contribution in [0.15, 0.2) is 30.7 Å². The van der Waals surface area contributed by atoms with Crippen LogP contribution in [0.25, 0.3) is 0 Å². The average Bonchev–Trinajstić information content (AvgIpc) is 2.92. The molecule has 96 valence electrons. The van der Waals surface area contributed by atoms with Gasteiger partial charge in [-0.15, -0.1) is 11.3 Å². The highest BCUT2D eigenvalue weighted by Gasteiger charge is 2.08. The first-order valence-electron chi connectivity index (χ1n) is 5.52. The predicted octanol–water partition coefficient (Wildman–Crippen LogP) is 0.812. The second kappa shape index (κ2) is 6.64. The van der Waals surface area contributed by atoms with E-state index in [-0.39, 0.29) is 12.5 Å². The lowest BCUT2D eigenvalue weighted by Gasteiger charge is -2.01. The number of hydrogen-bond acceptors (Lipinski definition) is 5. The van der Waals surface area contributed by atoms with Gasteiger partial charge in [0, 0.05) is 6.20 Å². The molecule has 6 heteroatoms. The van der Waals surface area contributed by atoms with Gasteiger partial charge in [0.25, 0.3) is 5.91 Å². The summed E-state index contributed by atoms with van der Waals surface area (Å²) in [6, 6.07) is 5.21. The van der Waals surface area contributed by atoms with Gasteiger partial charge in [-0.05, 0) is 18.2 Å². The van der Waals surface area contributed by atoms with Crippen LogP contribution in [0.3, 0.4) is 0 Å². The first-order chi connectivity index (χ1) is 9.29. The van der Waals surface area contributed by atoms with Gasteiger partial charge in [-0.2, -0.15) is 0 Å². The van der Waals surface area contributed by atoms with Gasteiger partial charge < -0.3 is 10.4 Å². The van der Waals surface area contributed by atoms with Crippen molar-refractivity contribution in [2.75, 3.05) is 6.61 Å². The largest absolute Gasteiger partial charge is 0.384 e. The fourth-order valence-electron chi connectivity index (χ4n) is 1.33. The molecule has 2 rings (SSSR count). The molecule has 0 aliphatic rings. The van der Waals surface area contributed by atoms with Gasteiger partial charge in [0.1, 0.15) is 12.9 Å². The van der Waals surface area contributed by atoms with Crippen LogP contribution in [0.1, 0.15) is 20.2 Å². The third-order valence-corrected chi connectivity index (χ3v) is 3.19. The SMILES string of the molecule is O=C(NCc1ccncn1)c1ccc(C#CCO)s1. The molecular weight excluding hydrogens is 262 g/mol. The number of carbonyl (C=O) groups is 1. The maximum atomic E-state index is 11.9. The summed E-state index contributed by atoms with van der Waals surface area (Å²) in [6.45, 7) is 0.171. The van der Waals surface area contributed by atoms with E-state index in [1.807, 2.05) is 0 Å². The number of nitrogens with zero attached hydrogens (tertiary/aromatic N) is 2. The summed E-state index contributed by atoms with van der Waals surface area (Å²) >= 11 is 1.29. The molecule has 0 atom stereocenters. The number of amides is 1. The zero-order chi connectivity index (χ0) is 13.5. The van der Waals surface area contributed by atoms with E-state index in [4.69, 9.17) is 5.11 Å². The van der Waals surface area contributed by atoms with Crippen molar-refractivity contribution in [3.63, 3.8) is 0 Å². The Morgan fingerprint density at radius 2 is 2.32 bits per heavy atom. The predicted molar refractivity (Wildman–Crippen MR) is 71.5 cm³/mol. The summed E-state index contributed by atoms with van der Waals surface area (Å²) in [4.78, 5) is 21.0. The molecule has 1 amide bonds. The van der Waals surface area contributed by atoms with E-state index in [2.05, 4.69) is 27.1 Å². The molecule has 0 spiro atoms. The van der Waals surface area contributed by atoms with Crippen molar-refractivity contribution in [2.24, 2.45) is 0 Å². The maximum Gasteiger partial charge on any atom is 0.261 e. The topological polar surface area (TPSA) is 75.1 Å². The van der Waals surface area contributed by atoms with Crippen LogP contribution in [0.5, 0.6) is 0 Å². The second-order valence-electron chi connectivity index (χ2n) is 3.51. The molecule has 2 aromatic heterocycles. The Morgan fingerprint density at radius 1 is 1.42 bits per heavy atom. The number of nitrogens with one attached hydrogen (secondary N) is 1. The summed E-state index contributed by atoms with van der Waals surface area (Å²) in [5.74, 6) is 5.14. The fourth-order valence-corrected chi connectivity index (χ4v) is 2.13. The minimum Gasteiger partial charge on any atom is -0.384 e. The number of aliphatic hydroxyl groups is 1. The van der Waals surface area contributed by atoms with E-state index in [0.29, 0.717) is 11.4 Å². The molecule has 2 heterocycles. The molecule has 2 N–H and O–H groups in total. The van der Waals surface area contributed by atoms with Gasteiger partial charge in [0.2, 0.25) is 0 Å². The molecule has 19 heavy (non-hydrogen) atoms. The molecular formula is C13H11N3O2S. The van der Waals surface area contributed by atoms with Crippen LogP contribution >= 0.6 is 11.3 Å². The molecule has 0 unspecified atom stereocenters. The van der Waals surface area contributed by atoms with Crippen LogP contribution in [-0.2, 0) is 6.54 Å². The molecule has 0 bridgehead atoms. The highest BCUT2D eigenvalue weighted by molar-refractivity contribution is 7.14. The van der Waals surface area contributed by atoms with Crippen LogP contribution in [-0.4, -0.2) is 27.6 Å². The Kier molecular flexibility index (Phi) is 4.61. The third-order valence-electron chi connectivity index (χ3n) is 2.19. The second-order valence-corrected chi connectivity index (χ2v) is 4.59. The Bertz CT molecular complexity index is 614. The Labute approximate surface area is 114 Å². The number of hydrogen-bond donors (Lipinski definition) is 2. The van der Waals surface area contributed by atoms with E-state index < -0.39 is 0 Å². The van der Waals surface area contributed by atoms with Crippen molar-refractivity contribution >= 4 is 17.2 Å². The van der Waals surface area contributed by atoms with Gasteiger partial charge in [-0.3, -0.25) is 4.79 Å². The highest BCUT2D eigenvalue weighted by Crippen LogP contribution is 2.15. The number of aliphatic hydroxyl groups excluding tert-OH is 1. The lowest BCUT2D eigenvalue weighted by molar-refractivity contribution is 0.0954. The molecule has 0 aliphatic heterocycles. The summed E-state index contributed by atoms with van der Waals surface area (Å²) in [6.07, 6.45) is 3.07. The Hall–Kier alpha value is -2.23. The Balaban J connectivity index is 1.95. The van der Waals surface area contributed by atoms with Gasteiger partial charge in [-0.25, -0.2) is 9.97 Å². The van der Waals surface area contributed by atoms with Crippen molar-refractivity contribution in [1.29, 1.82) is 0 Å². The monoisotopic (exact) mass is 273 g/mol. The summed E-state index contributed by atoms with van der Waals surface area (Å²) in [5, 5.41) is 11.4. The number of thiophene rings is 1. The van der Waals surface area contributed by atoms with Gasteiger partial charge in [-0.1, -0.05) is 11.8 Å². The highest BCUT2D eigenvalue weighted by atomic mass is 32.1. The van der Waals surface area contributed by atoms with E-state index in [0.717, 1.165) is 10.6 Å². The van der Waals surface area contributed by atoms with Crippen molar-refractivity contribution in [1.82, 2.24) is 15.3 Å². The quantitative estimate of drug-likeness (QED) is 0.812. The minimum absolute atomic E-state index is 0.166. The number of carbonyl (C=O) groups excluding carboxylic acids is 1. The van der Waals surface area contributed by atoms with Crippen molar-refractivity contribution in [3.05, 3.63) is 46.2 Å². The molecule has 0 aromatic carbocycles. The summed E-state index contributed by atoms with van der Waals surface area (Å²) in [5.41, 5.74) is 0.750. The number of aromatic nitrogens is 2. The zero-order valence-corrected chi connectivity index (χ0v) is 10.8. The standard InChI is InChI=1S/C13H11N3O2S/c17-7-1-2-11-3-4-12(19-11)13(18)15-8-10-5-6-14-9-16-10/h3-6,9,17H,7-8H2,(H,15,18). The van der Waals surface area contributed by atoms with Gasteiger partial charge in [0.05, 0.1) is 22.0 Å². The third kappa shape index (κ3) is 3.88. The van der Waals surface area contributed by atoms with E-state index in [1.165, 1.54) is 17.7 Å². The average molecular weight is 273 g/mol. The van der Waals surface area contributed by atoms with Crippen LogP contribution in [0, 0.1) is 11.8 Å². The van der Waals surface area contributed by atoms with Gasteiger partial charge in [0.15, 0.2) is 0 Å². The zero-order valence-electron chi connectivity index (χ0n) is 9.96. The molecule has 0 aliphatic carbocycles. The molecule has 0 saturated carbocycles. The van der Waals surface area contributed by atoms with E-state index in [9.17, 15) is 4.79 Å². The molecule has 0 fully saturated rings. The lowest BCUT2D eigenvalue weighted by Crippen LogP contribution is -2.22. The van der Waals surface area contributed by atoms with Crippen molar-refractivity contribution in [2.45, 2.75) is 6.54 Å². The summed E-state index contributed by atoms with van der Waals surface area (Å²) in [7, 11) is 0. The normalized spacial score (nSPS) is 9.53. The first kappa shape index (κ1) is 13.2. The fraction of sp³-hybridized carbons (Fsp3) is 0.154. The number of rotatable bonds is 3. The van der Waals surface area contributed by atoms with Crippen LogP contribution in [0.2, 0.25) is 0 Å². The molecule has 0 radical (unpaired) electrons. The lowest BCUT2D eigenvalue weighted by atomic mass is 10.3. The minimum atomic E-state index is -0.187. The van der Waals surface area contributed by atoms with E-state index in [1.54, 1.807) is 24.4 Å². The molecule has 0 saturated heterocycles. The smallest absolute Gasteiger partial charge is 0.261 e. The molecule has 5 nitrogen and oxygen atoms in total. The van der Waals surface area contributed by atoms with Crippen molar-refractivity contribution in [3.8, 4) is 11.8 Å². The first-order valence-corrected chi connectivity index (χ1v) is 6.34. The van der Waals surface area contributed by atoms with Crippen LogP contribution in [0.4, 0.5) is 0 Å². The molecule has 2 aromatic rings.